The number of fused-ring (bicyclic) bond motifs is 5. The van der Waals surface area contributed by atoms with Crippen molar-refractivity contribution in [3.8, 4) is 0 Å². The first-order chi connectivity index (χ1) is 13.2. The summed E-state index contributed by atoms with van der Waals surface area (Å²) < 4.78 is 6.72. The van der Waals surface area contributed by atoms with E-state index in [0.29, 0.717) is 5.92 Å². The van der Waals surface area contributed by atoms with Crippen molar-refractivity contribution in [2.24, 2.45) is 5.92 Å². The molecular weight excluding hydrogens is 356 g/mol. The first-order valence-electron chi connectivity index (χ1n) is 10.1. The molecule has 0 N–H and O–H groups in total. The van der Waals surface area contributed by atoms with Gasteiger partial charge in [-0.3, -0.25) is 0 Å². The number of nitrogens with zero attached hydrogens (tertiary/aromatic N) is 4. The second kappa shape index (κ2) is 6.99. The third-order valence-corrected chi connectivity index (χ3v) is 6.77. The van der Waals surface area contributed by atoms with E-state index in [2.05, 4.69) is 23.7 Å². The minimum absolute atomic E-state index is 0.624. The lowest BCUT2D eigenvalue weighted by molar-refractivity contribution is 0.122. The van der Waals surface area contributed by atoms with Crippen molar-refractivity contribution >= 4 is 37.6 Å². The second-order valence-electron chi connectivity index (χ2n) is 8.08. The van der Waals surface area contributed by atoms with E-state index in [1.54, 1.807) is 17.7 Å². The zero-order chi connectivity index (χ0) is 18.4. The van der Waals surface area contributed by atoms with E-state index >= 15 is 0 Å². The number of aryl methyl sites for hydroxylation is 1. The summed E-state index contributed by atoms with van der Waals surface area (Å²) >= 11 is 1.78. The van der Waals surface area contributed by atoms with Crippen LogP contribution in [0, 0.1) is 5.92 Å². The van der Waals surface area contributed by atoms with Gasteiger partial charge in [0, 0.05) is 24.2 Å². The van der Waals surface area contributed by atoms with Crippen LogP contribution in [0.15, 0.2) is 6.33 Å². The van der Waals surface area contributed by atoms with Crippen LogP contribution in [0.4, 0.5) is 5.82 Å². The highest BCUT2D eigenvalue weighted by atomic mass is 32.1. The van der Waals surface area contributed by atoms with E-state index in [9.17, 15) is 0 Å². The van der Waals surface area contributed by atoms with Crippen LogP contribution in [0.5, 0.6) is 0 Å². The number of hydrogen-bond acceptors (Lipinski definition) is 6. The molecule has 1 fully saturated rings. The van der Waals surface area contributed by atoms with Gasteiger partial charge >= 0.3 is 0 Å². The van der Waals surface area contributed by atoms with Crippen LogP contribution in [0.3, 0.4) is 0 Å². The molecule has 0 radical (unpaired) electrons. The molecule has 27 heavy (non-hydrogen) atoms. The SMILES string of the molecule is CC(C)Cc1nc2sc3c(N4CCOCC4)ncnc3c2c2c1CCCC2. The molecule has 3 aromatic heterocycles. The summed E-state index contributed by atoms with van der Waals surface area (Å²) in [5, 5.41) is 1.30. The summed E-state index contributed by atoms with van der Waals surface area (Å²) in [6, 6.07) is 0. The lowest BCUT2D eigenvalue weighted by Crippen LogP contribution is -2.36. The van der Waals surface area contributed by atoms with Crippen LogP contribution in [-0.4, -0.2) is 41.3 Å². The van der Waals surface area contributed by atoms with Gasteiger partial charge in [0.15, 0.2) is 0 Å². The number of rotatable bonds is 3. The topological polar surface area (TPSA) is 51.1 Å². The molecule has 2 aliphatic rings. The summed E-state index contributed by atoms with van der Waals surface area (Å²) in [4.78, 5) is 18.0. The van der Waals surface area contributed by atoms with Crippen molar-refractivity contribution in [3.05, 3.63) is 23.1 Å². The van der Waals surface area contributed by atoms with E-state index in [1.165, 1.54) is 46.2 Å². The summed E-state index contributed by atoms with van der Waals surface area (Å²) in [7, 11) is 0. The molecule has 1 aliphatic carbocycles. The molecule has 0 amide bonds. The Labute approximate surface area is 163 Å². The fourth-order valence-electron chi connectivity index (χ4n) is 4.48. The first kappa shape index (κ1) is 17.3. The summed E-state index contributed by atoms with van der Waals surface area (Å²) in [5.41, 5.74) is 5.45. The molecular formula is C21H26N4OS. The van der Waals surface area contributed by atoms with Gasteiger partial charge in [0.1, 0.15) is 17.0 Å². The Morgan fingerprint density at radius 2 is 1.89 bits per heavy atom. The maximum Gasteiger partial charge on any atom is 0.150 e. The standard InChI is InChI=1S/C21H26N4OS/c1-13(2)11-16-14-5-3-4-6-15(14)17-18-19(27-21(17)24-16)20(23-12-22-18)25-7-9-26-10-8-25/h12-13H,3-11H2,1-2H3. The van der Waals surface area contributed by atoms with Crippen LogP contribution in [0.1, 0.15) is 43.5 Å². The van der Waals surface area contributed by atoms with Crippen molar-refractivity contribution in [2.45, 2.75) is 46.0 Å². The molecule has 0 unspecified atom stereocenters. The number of thiophene rings is 1. The van der Waals surface area contributed by atoms with E-state index in [4.69, 9.17) is 14.7 Å². The van der Waals surface area contributed by atoms with E-state index in [0.717, 1.165) is 55.3 Å². The summed E-state index contributed by atoms with van der Waals surface area (Å²) in [6.45, 7) is 7.89. The zero-order valence-electron chi connectivity index (χ0n) is 16.1. The minimum atomic E-state index is 0.624. The van der Waals surface area contributed by atoms with Gasteiger partial charge in [-0.15, -0.1) is 11.3 Å². The molecule has 1 aliphatic heterocycles. The Morgan fingerprint density at radius 1 is 1.11 bits per heavy atom. The second-order valence-corrected chi connectivity index (χ2v) is 9.08. The van der Waals surface area contributed by atoms with E-state index < -0.39 is 0 Å². The lowest BCUT2D eigenvalue weighted by Gasteiger charge is -2.27. The molecule has 0 spiro atoms. The van der Waals surface area contributed by atoms with E-state index in [1.807, 2.05) is 0 Å². The molecule has 0 bridgehead atoms. The molecule has 6 heteroatoms. The van der Waals surface area contributed by atoms with Gasteiger partial charge in [0.25, 0.3) is 0 Å². The maximum atomic E-state index is 5.53. The van der Waals surface area contributed by atoms with Gasteiger partial charge in [-0.25, -0.2) is 15.0 Å². The van der Waals surface area contributed by atoms with Crippen molar-refractivity contribution in [1.29, 1.82) is 0 Å². The normalized spacial score (nSPS) is 17.8. The predicted molar refractivity (Wildman–Crippen MR) is 111 cm³/mol. The molecule has 0 aromatic carbocycles. The Hall–Kier alpha value is -1.79. The third-order valence-electron chi connectivity index (χ3n) is 5.70. The Balaban J connectivity index is 1.74. The van der Waals surface area contributed by atoms with Crippen molar-refractivity contribution in [1.82, 2.24) is 15.0 Å². The quantitative estimate of drug-likeness (QED) is 0.681. The highest BCUT2D eigenvalue weighted by molar-refractivity contribution is 7.26. The molecule has 4 heterocycles. The number of pyridine rings is 1. The van der Waals surface area contributed by atoms with Crippen molar-refractivity contribution < 1.29 is 4.74 Å². The minimum Gasteiger partial charge on any atom is -0.378 e. The molecule has 142 valence electrons. The fourth-order valence-corrected chi connectivity index (χ4v) is 5.68. The summed E-state index contributed by atoms with van der Waals surface area (Å²) in [5.74, 6) is 1.68. The number of aromatic nitrogens is 3. The third kappa shape index (κ3) is 2.99. The number of anilines is 1. The highest BCUT2D eigenvalue weighted by Gasteiger charge is 2.25. The molecule has 0 saturated carbocycles. The Bertz CT molecular complexity index is 991. The maximum absolute atomic E-state index is 5.53. The van der Waals surface area contributed by atoms with Gasteiger partial charge in [-0.05, 0) is 49.1 Å². The number of morpholine rings is 1. The zero-order valence-corrected chi connectivity index (χ0v) is 16.9. The predicted octanol–water partition coefficient (Wildman–Crippen LogP) is 4.15. The Morgan fingerprint density at radius 3 is 2.67 bits per heavy atom. The van der Waals surface area contributed by atoms with Crippen LogP contribution in [0.25, 0.3) is 20.4 Å². The van der Waals surface area contributed by atoms with Crippen molar-refractivity contribution in [3.63, 3.8) is 0 Å². The number of ether oxygens (including phenoxy) is 1. The molecule has 0 atom stereocenters. The highest BCUT2D eigenvalue weighted by Crippen LogP contribution is 2.41. The molecule has 5 nitrogen and oxygen atoms in total. The van der Waals surface area contributed by atoms with Gasteiger partial charge in [-0.2, -0.15) is 0 Å². The van der Waals surface area contributed by atoms with Crippen molar-refractivity contribution in [2.75, 3.05) is 31.2 Å². The molecule has 5 rings (SSSR count). The smallest absolute Gasteiger partial charge is 0.150 e. The van der Waals surface area contributed by atoms with E-state index in [-0.39, 0.29) is 0 Å². The summed E-state index contributed by atoms with van der Waals surface area (Å²) in [6.07, 6.45) is 7.67. The molecule has 1 saturated heterocycles. The number of hydrogen-bond donors (Lipinski definition) is 0. The van der Waals surface area contributed by atoms with Crippen LogP contribution in [0.2, 0.25) is 0 Å². The van der Waals surface area contributed by atoms with Gasteiger partial charge in [0.2, 0.25) is 0 Å². The molecule has 3 aromatic rings. The first-order valence-corrected chi connectivity index (χ1v) is 10.9. The van der Waals surface area contributed by atoms with Gasteiger partial charge in [-0.1, -0.05) is 13.8 Å². The average molecular weight is 383 g/mol. The van der Waals surface area contributed by atoms with Crippen LogP contribution < -0.4 is 4.90 Å². The fraction of sp³-hybridized carbons (Fsp3) is 0.571. The monoisotopic (exact) mass is 382 g/mol. The Kier molecular flexibility index (Phi) is 4.48. The van der Waals surface area contributed by atoms with Gasteiger partial charge in [0.05, 0.1) is 23.4 Å². The lowest BCUT2D eigenvalue weighted by atomic mass is 9.87. The van der Waals surface area contributed by atoms with Gasteiger partial charge < -0.3 is 9.64 Å². The largest absolute Gasteiger partial charge is 0.378 e. The van der Waals surface area contributed by atoms with Crippen LogP contribution >= 0.6 is 11.3 Å². The average Bonchev–Trinajstić information content (AvgIpc) is 3.07. The van der Waals surface area contributed by atoms with Crippen LogP contribution in [-0.2, 0) is 24.0 Å².